The SMILES string of the molecule is CCOC(=O)[C@@H]1[C@H]2CCC/C(=N/NS(=O)(=O)c3ccc(C)cc3)[C@@H]21. The Hall–Kier alpha value is -1.89. The van der Waals surface area contributed by atoms with Crippen molar-refractivity contribution in [2.24, 2.45) is 22.9 Å². The van der Waals surface area contributed by atoms with Gasteiger partial charge in [-0.1, -0.05) is 17.7 Å². The van der Waals surface area contributed by atoms with Gasteiger partial charge in [0.05, 0.1) is 17.4 Å². The summed E-state index contributed by atoms with van der Waals surface area (Å²) < 4.78 is 29.7. The minimum atomic E-state index is -3.68. The van der Waals surface area contributed by atoms with Crippen LogP contribution < -0.4 is 4.83 Å². The van der Waals surface area contributed by atoms with Crippen molar-refractivity contribution in [1.29, 1.82) is 0 Å². The van der Waals surface area contributed by atoms with Gasteiger partial charge in [0.1, 0.15) is 0 Å². The third-order valence-electron chi connectivity index (χ3n) is 4.72. The Bertz CT molecular complexity index is 755. The van der Waals surface area contributed by atoms with Crippen molar-refractivity contribution in [2.75, 3.05) is 6.61 Å². The van der Waals surface area contributed by atoms with Crippen molar-refractivity contribution >= 4 is 21.7 Å². The van der Waals surface area contributed by atoms with Crippen LogP contribution in [0, 0.1) is 24.7 Å². The number of hydrogen-bond acceptors (Lipinski definition) is 5. The topological polar surface area (TPSA) is 84.8 Å². The number of carbonyl (C=O) groups is 1. The molecule has 0 amide bonds. The highest BCUT2D eigenvalue weighted by Crippen LogP contribution is 2.54. The van der Waals surface area contributed by atoms with Gasteiger partial charge in [-0.05, 0) is 51.2 Å². The molecule has 6 nitrogen and oxygen atoms in total. The molecule has 3 rings (SSSR count). The molecule has 0 bridgehead atoms. The van der Waals surface area contributed by atoms with E-state index >= 15 is 0 Å². The minimum Gasteiger partial charge on any atom is -0.466 e. The second kappa shape index (κ2) is 6.55. The number of nitrogens with zero attached hydrogens (tertiary/aromatic N) is 1. The first kappa shape index (κ1) is 17.0. The fourth-order valence-corrected chi connectivity index (χ4v) is 4.29. The zero-order valence-electron chi connectivity index (χ0n) is 13.9. The predicted molar refractivity (Wildman–Crippen MR) is 89.9 cm³/mol. The lowest BCUT2D eigenvalue weighted by Gasteiger charge is -2.12. The van der Waals surface area contributed by atoms with E-state index in [-0.39, 0.29) is 28.6 Å². The number of nitrogens with one attached hydrogen (secondary N) is 1. The highest BCUT2D eigenvalue weighted by atomic mass is 32.2. The molecule has 1 N–H and O–H groups in total. The summed E-state index contributed by atoms with van der Waals surface area (Å²) in [5.41, 5.74) is 1.76. The average Bonchev–Trinajstić information content (AvgIpc) is 3.29. The Kier molecular flexibility index (Phi) is 4.62. The summed E-state index contributed by atoms with van der Waals surface area (Å²) in [6.45, 7) is 4.05. The van der Waals surface area contributed by atoms with Crippen LogP contribution in [0.1, 0.15) is 31.7 Å². The molecule has 0 spiro atoms. The molecule has 2 aliphatic carbocycles. The Morgan fingerprint density at radius 1 is 1.33 bits per heavy atom. The number of carbonyl (C=O) groups excluding carboxylic acids is 1. The first-order valence-electron chi connectivity index (χ1n) is 8.25. The van der Waals surface area contributed by atoms with Crippen molar-refractivity contribution in [2.45, 2.75) is 38.0 Å². The molecule has 1 aromatic carbocycles. The quantitative estimate of drug-likeness (QED) is 0.652. The zero-order valence-corrected chi connectivity index (χ0v) is 14.7. The van der Waals surface area contributed by atoms with E-state index in [4.69, 9.17) is 4.74 Å². The van der Waals surface area contributed by atoms with Crippen molar-refractivity contribution in [1.82, 2.24) is 4.83 Å². The second-order valence-electron chi connectivity index (χ2n) is 6.37. The molecule has 2 saturated carbocycles. The van der Waals surface area contributed by atoms with Gasteiger partial charge >= 0.3 is 5.97 Å². The van der Waals surface area contributed by atoms with E-state index in [1.165, 1.54) is 0 Å². The molecule has 130 valence electrons. The van der Waals surface area contributed by atoms with Gasteiger partial charge in [0.2, 0.25) is 0 Å². The van der Waals surface area contributed by atoms with E-state index in [1.807, 2.05) is 6.92 Å². The molecule has 2 aliphatic rings. The Morgan fingerprint density at radius 2 is 2.04 bits per heavy atom. The zero-order chi connectivity index (χ0) is 17.3. The maximum Gasteiger partial charge on any atom is 0.309 e. The Labute approximate surface area is 142 Å². The number of ether oxygens (including phenoxy) is 1. The maximum absolute atomic E-state index is 12.3. The summed E-state index contributed by atoms with van der Waals surface area (Å²) in [5.74, 6) is -0.0717. The van der Waals surface area contributed by atoms with Gasteiger partial charge in [-0.2, -0.15) is 13.5 Å². The van der Waals surface area contributed by atoms with Crippen LogP contribution in [-0.2, 0) is 19.6 Å². The van der Waals surface area contributed by atoms with Gasteiger partial charge < -0.3 is 4.74 Å². The van der Waals surface area contributed by atoms with Gasteiger partial charge in [0.15, 0.2) is 0 Å². The maximum atomic E-state index is 12.3. The summed E-state index contributed by atoms with van der Waals surface area (Å²) in [7, 11) is -3.68. The van der Waals surface area contributed by atoms with E-state index < -0.39 is 10.0 Å². The molecule has 0 heterocycles. The van der Waals surface area contributed by atoms with Crippen LogP contribution in [0.25, 0.3) is 0 Å². The fourth-order valence-electron chi connectivity index (χ4n) is 3.45. The number of aryl methyl sites for hydroxylation is 1. The standard InChI is InChI=1S/C17H22N2O4S/c1-3-23-17(20)16-13-5-4-6-14(15(13)16)18-19-24(21,22)12-9-7-11(2)8-10-12/h7-10,13,15-16,19H,3-6H2,1-2H3/b18-14-/t13-,15+,16+/m0/s1. The summed E-state index contributed by atoms with van der Waals surface area (Å²) in [6, 6.07) is 6.60. The van der Waals surface area contributed by atoms with Crippen molar-refractivity contribution in [3.63, 3.8) is 0 Å². The first-order valence-corrected chi connectivity index (χ1v) is 9.74. The van der Waals surface area contributed by atoms with Crippen LogP contribution in [0.2, 0.25) is 0 Å². The summed E-state index contributed by atoms with van der Waals surface area (Å²) in [4.78, 5) is 14.5. The van der Waals surface area contributed by atoms with Gasteiger partial charge in [-0.25, -0.2) is 4.83 Å². The van der Waals surface area contributed by atoms with Crippen LogP contribution >= 0.6 is 0 Å². The molecule has 0 radical (unpaired) electrons. The Balaban J connectivity index is 1.72. The predicted octanol–water partition coefficient (Wildman–Crippen LogP) is 2.24. The van der Waals surface area contributed by atoms with Gasteiger partial charge in [-0.15, -0.1) is 0 Å². The molecule has 0 aliphatic heterocycles. The number of fused-ring (bicyclic) bond motifs is 1. The highest BCUT2D eigenvalue weighted by Gasteiger charge is 2.59. The molecule has 0 unspecified atom stereocenters. The monoisotopic (exact) mass is 350 g/mol. The van der Waals surface area contributed by atoms with E-state index in [9.17, 15) is 13.2 Å². The normalized spacial score (nSPS) is 27.4. The van der Waals surface area contributed by atoms with E-state index in [0.29, 0.717) is 13.0 Å². The third kappa shape index (κ3) is 3.31. The largest absolute Gasteiger partial charge is 0.466 e. The molecule has 2 fully saturated rings. The molecule has 3 atom stereocenters. The number of benzene rings is 1. The average molecular weight is 350 g/mol. The van der Waals surface area contributed by atoms with Gasteiger partial charge in [0, 0.05) is 11.6 Å². The second-order valence-corrected chi connectivity index (χ2v) is 8.03. The number of hydrogen-bond donors (Lipinski definition) is 1. The van der Waals surface area contributed by atoms with Crippen molar-refractivity contribution < 1.29 is 17.9 Å². The minimum absolute atomic E-state index is 0.0264. The van der Waals surface area contributed by atoms with Crippen molar-refractivity contribution in [3.05, 3.63) is 29.8 Å². The van der Waals surface area contributed by atoms with Crippen molar-refractivity contribution in [3.8, 4) is 0 Å². The van der Waals surface area contributed by atoms with Crippen LogP contribution in [0.15, 0.2) is 34.3 Å². The molecular weight excluding hydrogens is 328 g/mol. The van der Waals surface area contributed by atoms with Gasteiger partial charge in [-0.3, -0.25) is 4.79 Å². The number of esters is 1. The molecule has 1 aromatic rings. The van der Waals surface area contributed by atoms with Crippen LogP contribution in [0.4, 0.5) is 0 Å². The lowest BCUT2D eigenvalue weighted by molar-refractivity contribution is -0.145. The first-order chi connectivity index (χ1) is 11.4. The van der Waals surface area contributed by atoms with E-state index in [2.05, 4.69) is 9.93 Å². The molecule has 0 aromatic heterocycles. The van der Waals surface area contributed by atoms with Crippen LogP contribution in [-0.4, -0.2) is 26.7 Å². The Morgan fingerprint density at radius 3 is 2.71 bits per heavy atom. The summed E-state index contributed by atoms with van der Waals surface area (Å²) >= 11 is 0. The highest BCUT2D eigenvalue weighted by molar-refractivity contribution is 7.89. The molecule has 24 heavy (non-hydrogen) atoms. The fraction of sp³-hybridized carbons (Fsp3) is 0.529. The lowest BCUT2D eigenvalue weighted by Crippen LogP contribution is -2.22. The third-order valence-corrected chi connectivity index (χ3v) is 5.95. The lowest BCUT2D eigenvalue weighted by atomic mass is 9.99. The number of rotatable bonds is 5. The summed E-state index contributed by atoms with van der Waals surface area (Å²) in [5, 5.41) is 4.14. The van der Waals surface area contributed by atoms with Gasteiger partial charge in [0.25, 0.3) is 10.0 Å². The number of hydrazone groups is 1. The smallest absolute Gasteiger partial charge is 0.309 e. The molecule has 0 saturated heterocycles. The molecule has 7 heteroatoms. The number of sulfonamides is 1. The van der Waals surface area contributed by atoms with Crippen LogP contribution in [0.3, 0.4) is 0 Å². The summed E-state index contributed by atoms with van der Waals surface area (Å²) in [6.07, 6.45) is 2.60. The molecular formula is C17H22N2O4S. The van der Waals surface area contributed by atoms with E-state index in [1.54, 1.807) is 31.2 Å². The van der Waals surface area contributed by atoms with Crippen LogP contribution in [0.5, 0.6) is 0 Å². The van der Waals surface area contributed by atoms with E-state index in [0.717, 1.165) is 24.1 Å².